The Hall–Kier alpha value is -2.14. The fraction of sp³-hybridized carbons (Fsp3) is 0.500. The highest BCUT2D eigenvalue weighted by molar-refractivity contribution is 14.0. The maximum absolute atomic E-state index is 10.1. The van der Waals surface area contributed by atoms with Crippen LogP contribution in [-0.4, -0.2) is 56.9 Å². The second-order valence-electron chi connectivity index (χ2n) is 7.28. The van der Waals surface area contributed by atoms with Gasteiger partial charge in [-0.15, -0.1) is 24.0 Å². The van der Waals surface area contributed by atoms with Gasteiger partial charge >= 0.3 is 0 Å². The van der Waals surface area contributed by atoms with E-state index in [1.54, 1.807) is 25.4 Å². The summed E-state index contributed by atoms with van der Waals surface area (Å²) in [4.78, 5) is 6.81. The van der Waals surface area contributed by atoms with E-state index in [0.717, 1.165) is 24.4 Å². The average Bonchev–Trinajstić information content (AvgIpc) is 3.32. The number of phenols is 1. The lowest BCUT2D eigenvalue weighted by Crippen LogP contribution is -2.44. The van der Waals surface area contributed by atoms with Crippen molar-refractivity contribution in [2.24, 2.45) is 4.99 Å². The summed E-state index contributed by atoms with van der Waals surface area (Å²) in [6.45, 7) is 3.34. The molecule has 0 bridgehead atoms. The molecule has 1 aromatic carbocycles. The number of nitrogens with zero attached hydrogens (tertiary/aromatic N) is 2. The number of likely N-dealkylation sites (tertiary alicyclic amines) is 1. The van der Waals surface area contributed by atoms with Crippen molar-refractivity contribution in [3.63, 3.8) is 0 Å². The van der Waals surface area contributed by atoms with E-state index in [4.69, 9.17) is 13.9 Å². The lowest BCUT2D eigenvalue weighted by atomic mass is 10.1. The van der Waals surface area contributed by atoms with E-state index in [-0.39, 0.29) is 35.8 Å². The quantitative estimate of drug-likeness (QED) is 0.266. The van der Waals surface area contributed by atoms with Gasteiger partial charge in [0.2, 0.25) is 5.75 Å². The maximum atomic E-state index is 10.1. The minimum Gasteiger partial charge on any atom is -0.502 e. The SMILES string of the molecule is CN=C(NCc1cc(OC)c(O)c(OC)c1)NCC(c1ccco1)N1CCCCC1.I. The topological polar surface area (TPSA) is 91.5 Å². The van der Waals surface area contributed by atoms with Crippen LogP contribution in [0.4, 0.5) is 0 Å². The van der Waals surface area contributed by atoms with Crippen molar-refractivity contribution in [3.05, 3.63) is 41.9 Å². The molecule has 1 saturated heterocycles. The first-order valence-electron chi connectivity index (χ1n) is 10.3. The first-order valence-corrected chi connectivity index (χ1v) is 10.3. The van der Waals surface area contributed by atoms with Gasteiger partial charge in [0.15, 0.2) is 17.5 Å². The third kappa shape index (κ3) is 6.67. The van der Waals surface area contributed by atoms with Crippen LogP contribution in [-0.2, 0) is 6.54 Å². The van der Waals surface area contributed by atoms with E-state index in [0.29, 0.717) is 30.5 Å². The normalized spacial score (nSPS) is 15.6. The second-order valence-corrected chi connectivity index (χ2v) is 7.28. The molecule has 1 unspecified atom stereocenters. The largest absolute Gasteiger partial charge is 0.502 e. The van der Waals surface area contributed by atoms with E-state index in [1.165, 1.54) is 33.5 Å². The molecule has 1 fully saturated rings. The summed E-state index contributed by atoms with van der Waals surface area (Å²) < 4.78 is 16.2. The molecule has 0 aliphatic carbocycles. The van der Waals surface area contributed by atoms with Gasteiger partial charge in [-0.3, -0.25) is 9.89 Å². The zero-order valence-electron chi connectivity index (χ0n) is 18.4. The molecule has 1 aromatic heterocycles. The fourth-order valence-corrected chi connectivity index (χ4v) is 3.77. The number of aromatic hydroxyl groups is 1. The molecule has 2 heterocycles. The number of aliphatic imine (C=N–C) groups is 1. The van der Waals surface area contributed by atoms with Gasteiger partial charge in [-0.25, -0.2) is 0 Å². The predicted octanol–water partition coefficient (Wildman–Crippen LogP) is 3.51. The van der Waals surface area contributed by atoms with Gasteiger partial charge in [0, 0.05) is 20.1 Å². The van der Waals surface area contributed by atoms with Crippen LogP contribution in [0.15, 0.2) is 39.9 Å². The first-order chi connectivity index (χ1) is 14.7. The number of nitrogens with one attached hydrogen (secondary N) is 2. The molecule has 1 aliphatic rings. The Balaban J connectivity index is 0.00000341. The standard InChI is InChI=1S/C22H32N4O4.HI/c1-23-22(24-14-16-12-19(28-2)21(27)20(13-16)29-3)25-15-17(18-8-7-11-30-18)26-9-5-4-6-10-26;/h7-8,11-13,17,27H,4-6,9-10,14-15H2,1-3H3,(H2,23,24,25);1H. The summed E-state index contributed by atoms with van der Waals surface area (Å²) >= 11 is 0. The highest BCUT2D eigenvalue weighted by Crippen LogP contribution is 2.37. The molecule has 8 nitrogen and oxygen atoms in total. The summed E-state index contributed by atoms with van der Waals surface area (Å²) in [7, 11) is 4.78. The number of halogens is 1. The number of phenolic OH excluding ortho intramolecular Hbond substituents is 1. The molecule has 0 spiro atoms. The van der Waals surface area contributed by atoms with E-state index in [9.17, 15) is 5.11 Å². The second kappa shape index (κ2) is 12.7. The Kier molecular flexibility index (Phi) is 10.3. The third-order valence-corrected chi connectivity index (χ3v) is 5.39. The molecule has 3 rings (SSSR count). The van der Waals surface area contributed by atoms with Gasteiger partial charge in [0.1, 0.15) is 5.76 Å². The number of hydrogen-bond donors (Lipinski definition) is 3. The fourth-order valence-electron chi connectivity index (χ4n) is 3.77. The Morgan fingerprint density at radius 1 is 1.16 bits per heavy atom. The Morgan fingerprint density at radius 2 is 1.84 bits per heavy atom. The van der Waals surface area contributed by atoms with Gasteiger partial charge < -0.3 is 29.6 Å². The summed E-state index contributed by atoms with van der Waals surface area (Å²) in [5.41, 5.74) is 0.906. The zero-order valence-corrected chi connectivity index (χ0v) is 20.7. The van der Waals surface area contributed by atoms with E-state index >= 15 is 0 Å². The van der Waals surface area contributed by atoms with Crippen LogP contribution in [0.5, 0.6) is 17.2 Å². The zero-order chi connectivity index (χ0) is 21.3. The maximum Gasteiger partial charge on any atom is 0.200 e. The Labute approximate surface area is 201 Å². The van der Waals surface area contributed by atoms with Crippen molar-refractivity contribution in [2.45, 2.75) is 31.8 Å². The predicted molar refractivity (Wildman–Crippen MR) is 132 cm³/mol. The van der Waals surface area contributed by atoms with Crippen LogP contribution in [0.25, 0.3) is 0 Å². The number of benzene rings is 1. The van der Waals surface area contributed by atoms with Crippen LogP contribution < -0.4 is 20.1 Å². The number of hydrogen-bond acceptors (Lipinski definition) is 6. The van der Waals surface area contributed by atoms with Crippen LogP contribution in [0.3, 0.4) is 0 Å². The van der Waals surface area contributed by atoms with Crippen LogP contribution >= 0.6 is 24.0 Å². The van der Waals surface area contributed by atoms with Crippen molar-refractivity contribution in [1.82, 2.24) is 15.5 Å². The van der Waals surface area contributed by atoms with Crippen molar-refractivity contribution in [1.29, 1.82) is 0 Å². The molecule has 0 amide bonds. The molecule has 1 atom stereocenters. The molecular formula is C22H33IN4O4. The van der Waals surface area contributed by atoms with Crippen molar-refractivity contribution < 1.29 is 19.0 Å². The highest BCUT2D eigenvalue weighted by atomic mass is 127. The molecule has 9 heteroatoms. The number of piperidine rings is 1. The minimum atomic E-state index is -0.00548. The lowest BCUT2D eigenvalue weighted by molar-refractivity contribution is 0.146. The molecule has 1 aliphatic heterocycles. The Morgan fingerprint density at radius 3 is 2.39 bits per heavy atom. The minimum absolute atomic E-state index is 0. The molecule has 31 heavy (non-hydrogen) atoms. The smallest absolute Gasteiger partial charge is 0.200 e. The van der Waals surface area contributed by atoms with E-state index < -0.39 is 0 Å². The van der Waals surface area contributed by atoms with Crippen LogP contribution in [0, 0.1) is 0 Å². The molecule has 2 aromatic rings. The van der Waals surface area contributed by atoms with Gasteiger partial charge in [0.05, 0.1) is 26.5 Å². The van der Waals surface area contributed by atoms with Gasteiger partial charge in [-0.2, -0.15) is 0 Å². The van der Waals surface area contributed by atoms with Crippen molar-refractivity contribution in [3.8, 4) is 17.2 Å². The first kappa shape index (κ1) is 25.1. The Bertz CT molecular complexity index is 798. The average molecular weight is 544 g/mol. The van der Waals surface area contributed by atoms with Gasteiger partial charge in [0.25, 0.3) is 0 Å². The molecule has 3 N–H and O–H groups in total. The summed E-state index contributed by atoms with van der Waals surface area (Å²) in [6.07, 6.45) is 5.45. The summed E-state index contributed by atoms with van der Waals surface area (Å²) in [5.74, 6) is 2.39. The highest BCUT2D eigenvalue weighted by Gasteiger charge is 2.24. The van der Waals surface area contributed by atoms with Crippen molar-refractivity contribution in [2.75, 3.05) is 40.9 Å². The number of furan rings is 1. The van der Waals surface area contributed by atoms with E-state index in [1.807, 2.05) is 12.1 Å². The van der Waals surface area contributed by atoms with Crippen LogP contribution in [0.2, 0.25) is 0 Å². The molecule has 0 saturated carbocycles. The van der Waals surface area contributed by atoms with Gasteiger partial charge in [-0.05, 0) is 55.8 Å². The number of guanidine groups is 1. The number of ether oxygens (including phenoxy) is 2. The monoisotopic (exact) mass is 544 g/mol. The summed E-state index contributed by atoms with van der Waals surface area (Å²) in [6, 6.07) is 7.68. The number of methoxy groups -OCH3 is 2. The molecular weight excluding hydrogens is 511 g/mol. The van der Waals surface area contributed by atoms with Crippen LogP contribution in [0.1, 0.15) is 36.6 Å². The van der Waals surface area contributed by atoms with E-state index in [2.05, 4.69) is 20.5 Å². The van der Waals surface area contributed by atoms with Crippen molar-refractivity contribution >= 4 is 29.9 Å². The summed E-state index contributed by atoms with van der Waals surface area (Å²) in [5, 5.41) is 16.8. The lowest BCUT2D eigenvalue weighted by Gasteiger charge is -2.33. The molecule has 0 radical (unpaired) electrons. The third-order valence-electron chi connectivity index (χ3n) is 5.39. The molecule has 172 valence electrons. The number of rotatable bonds is 8. The van der Waals surface area contributed by atoms with Gasteiger partial charge in [-0.1, -0.05) is 6.42 Å².